The van der Waals surface area contributed by atoms with Gasteiger partial charge in [0.2, 0.25) is 0 Å². The molecule has 0 bridgehead atoms. The Bertz CT molecular complexity index is 427. The first kappa shape index (κ1) is 20.1. The lowest BCUT2D eigenvalue weighted by atomic mass is 10.2. The van der Waals surface area contributed by atoms with E-state index in [1.54, 1.807) is 0 Å². The van der Waals surface area contributed by atoms with Gasteiger partial charge in [0.05, 0.1) is 10.7 Å². The molecule has 0 saturated carbocycles. The van der Waals surface area contributed by atoms with Gasteiger partial charge >= 0.3 is 0 Å². The van der Waals surface area contributed by atoms with E-state index in [1.807, 2.05) is 11.3 Å². The normalized spacial score (nSPS) is 23.3. The fraction of sp³-hybridized carbons (Fsp3) is 0.800. The Morgan fingerprint density at radius 3 is 2.55 bits per heavy atom. The van der Waals surface area contributed by atoms with E-state index < -0.39 is 0 Å². The summed E-state index contributed by atoms with van der Waals surface area (Å²) < 4.78 is 0. The summed E-state index contributed by atoms with van der Waals surface area (Å²) in [6.07, 6.45) is 1.32. The quantitative estimate of drug-likeness (QED) is 0.887. The second kappa shape index (κ2) is 9.40. The van der Waals surface area contributed by atoms with Crippen molar-refractivity contribution in [3.8, 4) is 0 Å². The summed E-state index contributed by atoms with van der Waals surface area (Å²) in [7, 11) is 0. The highest BCUT2D eigenvalue weighted by Gasteiger charge is 2.26. The van der Waals surface area contributed by atoms with Crippen molar-refractivity contribution in [1.29, 1.82) is 0 Å². The monoisotopic (exact) mass is 366 g/mol. The molecule has 0 spiro atoms. The molecule has 3 rings (SSSR count). The highest BCUT2D eigenvalue weighted by Crippen LogP contribution is 2.20. The standard InChI is InChI=1S/C15H26N4S.2ClH/c1-12(2)15-17-13(11-20-15)10-18-5-7-19(8-6-18)14-3-4-16-9-14;;/h11-12,14,16H,3-10H2,1-2H3;2*1H. The van der Waals surface area contributed by atoms with Gasteiger partial charge in [0.25, 0.3) is 0 Å². The number of aromatic nitrogens is 1. The average molecular weight is 367 g/mol. The summed E-state index contributed by atoms with van der Waals surface area (Å²) in [6, 6.07) is 0.781. The van der Waals surface area contributed by atoms with Crippen LogP contribution in [0, 0.1) is 0 Å². The highest BCUT2D eigenvalue weighted by molar-refractivity contribution is 7.09. The molecule has 2 saturated heterocycles. The maximum absolute atomic E-state index is 4.75. The van der Waals surface area contributed by atoms with Crippen molar-refractivity contribution in [3.05, 3.63) is 16.1 Å². The van der Waals surface area contributed by atoms with Crippen molar-refractivity contribution < 1.29 is 0 Å². The molecular weight excluding hydrogens is 339 g/mol. The number of rotatable bonds is 4. The van der Waals surface area contributed by atoms with Gasteiger partial charge in [-0.25, -0.2) is 4.98 Å². The lowest BCUT2D eigenvalue weighted by Crippen LogP contribution is -2.50. The summed E-state index contributed by atoms with van der Waals surface area (Å²) in [6.45, 7) is 12.6. The number of hydrogen-bond acceptors (Lipinski definition) is 5. The number of thiazole rings is 1. The van der Waals surface area contributed by atoms with Crippen LogP contribution >= 0.6 is 36.2 Å². The third-order valence-electron chi connectivity index (χ3n) is 4.41. The molecule has 2 aliphatic rings. The van der Waals surface area contributed by atoms with Gasteiger partial charge in [-0.1, -0.05) is 13.8 Å². The van der Waals surface area contributed by atoms with Crippen LogP contribution < -0.4 is 5.32 Å². The molecule has 3 heterocycles. The molecule has 1 unspecified atom stereocenters. The van der Waals surface area contributed by atoms with Crippen molar-refractivity contribution in [1.82, 2.24) is 20.1 Å². The van der Waals surface area contributed by atoms with E-state index in [2.05, 4.69) is 34.3 Å². The second-order valence-corrected chi connectivity index (χ2v) is 7.18. The van der Waals surface area contributed by atoms with Crippen LogP contribution in [-0.2, 0) is 6.54 Å². The van der Waals surface area contributed by atoms with E-state index in [9.17, 15) is 0 Å². The molecule has 1 aromatic heterocycles. The molecule has 128 valence electrons. The van der Waals surface area contributed by atoms with Crippen molar-refractivity contribution in [2.45, 2.75) is 38.8 Å². The molecule has 1 atom stereocenters. The first-order valence-corrected chi connectivity index (χ1v) is 8.72. The highest BCUT2D eigenvalue weighted by atomic mass is 35.5. The fourth-order valence-corrected chi connectivity index (χ4v) is 3.95. The Labute approximate surface area is 150 Å². The zero-order chi connectivity index (χ0) is 13.9. The summed E-state index contributed by atoms with van der Waals surface area (Å²) in [5.41, 5.74) is 1.26. The third-order valence-corrected chi connectivity index (χ3v) is 5.60. The lowest BCUT2D eigenvalue weighted by Gasteiger charge is -2.37. The summed E-state index contributed by atoms with van der Waals surface area (Å²) in [5.74, 6) is 0.556. The molecule has 2 fully saturated rings. The molecule has 7 heteroatoms. The van der Waals surface area contributed by atoms with Gasteiger partial charge in [-0.05, 0) is 13.0 Å². The lowest BCUT2D eigenvalue weighted by molar-refractivity contribution is 0.0974. The first-order valence-electron chi connectivity index (χ1n) is 7.84. The minimum Gasteiger partial charge on any atom is -0.315 e. The zero-order valence-corrected chi connectivity index (χ0v) is 15.9. The molecule has 1 aromatic rings. The van der Waals surface area contributed by atoms with E-state index in [4.69, 9.17) is 4.98 Å². The van der Waals surface area contributed by atoms with Crippen LogP contribution in [0.15, 0.2) is 5.38 Å². The Hall–Kier alpha value is 0.0900. The van der Waals surface area contributed by atoms with E-state index in [0.717, 1.165) is 12.6 Å². The molecule has 2 aliphatic heterocycles. The predicted octanol–water partition coefficient (Wildman–Crippen LogP) is 2.59. The Kier molecular flexibility index (Phi) is 8.60. The van der Waals surface area contributed by atoms with Crippen molar-refractivity contribution in [2.75, 3.05) is 39.3 Å². The molecule has 0 radical (unpaired) electrons. The Morgan fingerprint density at radius 1 is 1.27 bits per heavy atom. The van der Waals surface area contributed by atoms with E-state index in [1.165, 1.54) is 56.4 Å². The van der Waals surface area contributed by atoms with Gasteiger partial charge in [-0.2, -0.15) is 0 Å². The maximum Gasteiger partial charge on any atom is 0.0954 e. The SMILES string of the molecule is CC(C)c1nc(CN2CCN(C3CCNC3)CC2)cs1.Cl.Cl. The number of halogens is 2. The largest absolute Gasteiger partial charge is 0.315 e. The molecule has 22 heavy (non-hydrogen) atoms. The number of piperazine rings is 1. The maximum atomic E-state index is 4.75. The number of hydrogen-bond donors (Lipinski definition) is 1. The van der Waals surface area contributed by atoms with Crippen LogP contribution in [0.1, 0.15) is 36.9 Å². The third kappa shape index (κ3) is 5.05. The fourth-order valence-electron chi connectivity index (χ4n) is 3.13. The molecule has 1 N–H and O–H groups in total. The molecule has 0 aromatic carbocycles. The van der Waals surface area contributed by atoms with Crippen LogP contribution in [-0.4, -0.2) is 60.1 Å². The van der Waals surface area contributed by atoms with E-state index in [-0.39, 0.29) is 24.8 Å². The van der Waals surface area contributed by atoms with Crippen LogP contribution in [0.2, 0.25) is 0 Å². The van der Waals surface area contributed by atoms with Crippen LogP contribution in [0.5, 0.6) is 0 Å². The minimum atomic E-state index is 0. The molecule has 4 nitrogen and oxygen atoms in total. The van der Waals surface area contributed by atoms with Gasteiger partial charge < -0.3 is 5.32 Å². The minimum absolute atomic E-state index is 0. The first-order chi connectivity index (χ1) is 9.72. The zero-order valence-electron chi connectivity index (χ0n) is 13.5. The average Bonchev–Trinajstić information content (AvgIpc) is 3.10. The summed E-state index contributed by atoms with van der Waals surface area (Å²) in [4.78, 5) is 9.97. The molecular formula is C15H28Cl2N4S. The second-order valence-electron chi connectivity index (χ2n) is 6.29. The van der Waals surface area contributed by atoms with Crippen molar-refractivity contribution >= 4 is 36.2 Å². The Balaban J connectivity index is 0.00000121. The van der Waals surface area contributed by atoms with Gasteiger partial charge in [0.15, 0.2) is 0 Å². The predicted molar refractivity (Wildman–Crippen MR) is 98.8 cm³/mol. The van der Waals surface area contributed by atoms with Gasteiger partial charge in [-0.15, -0.1) is 36.2 Å². The Morgan fingerprint density at radius 2 is 2.00 bits per heavy atom. The number of nitrogens with zero attached hydrogens (tertiary/aromatic N) is 3. The molecule has 0 amide bonds. The van der Waals surface area contributed by atoms with E-state index >= 15 is 0 Å². The van der Waals surface area contributed by atoms with Gasteiger partial charge in [0.1, 0.15) is 0 Å². The summed E-state index contributed by atoms with van der Waals surface area (Å²) >= 11 is 1.81. The van der Waals surface area contributed by atoms with Crippen molar-refractivity contribution in [3.63, 3.8) is 0 Å². The van der Waals surface area contributed by atoms with Crippen molar-refractivity contribution in [2.24, 2.45) is 0 Å². The van der Waals surface area contributed by atoms with Gasteiger partial charge in [0, 0.05) is 56.6 Å². The smallest absolute Gasteiger partial charge is 0.0954 e. The van der Waals surface area contributed by atoms with E-state index in [0.29, 0.717) is 5.92 Å². The van der Waals surface area contributed by atoms with Gasteiger partial charge in [-0.3, -0.25) is 9.80 Å². The topological polar surface area (TPSA) is 31.4 Å². The number of nitrogens with one attached hydrogen (secondary N) is 1. The van der Waals surface area contributed by atoms with Crippen LogP contribution in [0.4, 0.5) is 0 Å². The van der Waals surface area contributed by atoms with Crippen LogP contribution in [0.3, 0.4) is 0 Å². The molecule has 0 aliphatic carbocycles. The van der Waals surface area contributed by atoms with Crippen LogP contribution in [0.25, 0.3) is 0 Å². The summed E-state index contributed by atoms with van der Waals surface area (Å²) in [5, 5.41) is 6.98.